The number of carbonyl (C=O) groups excluding carboxylic acids is 1. The van der Waals surface area contributed by atoms with Crippen molar-refractivity contribution in [3.63, 3.8) is 0 Å². The van der Waals surface area contributed by atoms with Gasteiger partial charge in [0.05, 0.1) is 6.04 Å². The van der Waals surface area contributed by atoms with Gasteiger partial charge in [-0.15, -0.1) is 0 Å². The molecule has 0 aliphatic carbocycles. The lowest BCUT2D eigenvalue weighted by Crippen LogP contribution is -2.42. The molecule has 0 saturated carbocycles. The van der Waals surface area contributed by atoms with E-state index in [1.807, 2.05) is 0 Å². The van der Waals surface area contributed by atoms with Crippen LogP contribution in [0.2, 0.25) is 0 Å². The highest BCUT2D eigenvalue weighted by Gasteiger charge is 2.24. The second kappa shape index (κ2) is 11.6. The number of rotatable bonds is 9. The first-order valence-corrected chi connectivity index (χ1v) is 11.6. The van der Waals surface area contributed by atoms with Gasteiger partial charge in [0.25, 0.3) is 0 Å². The van der Waals surface area contributed by atoms with Crippen LogP contribution >= 0.6 is 0 Å². The molecular formula is C24H40N4O. The van der Waals surface area contributed by atoms with Gasteiger partial charge in [-0.3, -0.25) is 4.90 Å². The summed E-state index contributed by atoms with van der Waals surface area (Å²) in [6, 6.07) is 10.8. The maximum absolute atomic E-state index is 12.3. The monoisotopic (exact) mass is 400 g/mol. The molecule has 2 heterocycles. The summed E-state index contributed by atoms with van der Waals surface area (Å²) in [5.74, 6) is 1.63. The van der Waals surface area contributed by atoms with Gasteiger partial charge in [0.2, 0.25) is 0 Å². The molecule has 2 aliphatic rings. The Morgan fingerprint density at radius 1 is 1.03 bits per heavy atom. The van der Waals surface area contributed by atoms with E-state index >= 15 is 0 Å². The number of hydrogen-bond acceptors (Lipinski definition) is 3. The molecule has 3 rings (SSSR count). The fourth-order valence-corrected chi connectivity index (χ4v) is 5.08. The van der Waals surface area contributed by atoms with E-state index in [0.717, 1.165) is 50.9 Å². The Morgan fingerprint density at radius 3 is 2.41 bits per heavy atom. The van der Waals surface area contributed by atoms with Crippen LogP contribution in [-0.4, -0.2) is 61.6 Å². The van der Waals surface area contributed by atoms with Gasteiger partial charge in [0, 0.05) is 26.2 Å². The number of nitrogens with one attached hydrogen (secondary N) is 2. The van der Waals surface area contributed by atoms with Crippen molar-refractivity contribution in [2.75, 3.05) is 45.8 Å². The van der Waals surface area contributed by atoms with E-state index < -0.39 is 0 Å². The summed E-state index contributed by atoms with van der Waals surface area (Å²) >= 11 is 0. The number of piperidine rings is 1. The van der Waals surface area contributed by atoms with Crippen molar-refractivity contribution in [2.24, 2.45) is 11.8 Å². The summed E-state index contributed by atoms with van der Waals surface area (Å²) in [7, 11) is 0. The van der Waals surface area contributed by atoms with Crippen molar-refractivity contribution in [2.45, 2.75) is 52.0 Å². The van der Waals surface area contributed by atoms with Gasteiger partial charge in [0.1, 0.15) is 0 Å². The smallest absolute Gasteiger partial charge is 0.314 e. The summed E-state index contributed by atoms with van der Waals surface area (Å²) < 4.78 is 0. The van der Waals surface area contributed by atoms with Gasteiger partial charge in [0.15, 0.2) is 0 Å². The Bertz CT molecular complexity index is 592. The number of hydrogen-bond donors (Lipinski definition) is 2. The highest BCUT2D eigenvalue weighted by molar-refractivity contribution is 5.73. The molecule has 1 aromatic rings. The summed E-state index contributed by atoms with van der Waals surface area (Å²) in [4.78, 5) is 17.4. The largest absolute Gasteiger partial charge is 0.338 e. The third-order valence-corrected chi connectivity index (χ3v) is 6.35. The highest BCUT2D eigenvalue weighted by Crippen LogP contribution is 2.24. The summed E-state index contributed by atoms with van der Waals surface area (Å²) in [5, 5.41) is 6.16. The van der Waals surface area contributed by atoms with Crippen molar-refractivity contribution < 1.29 is 4.79 Å². The number of unbranched alkanes of at least 4 members (excludes halogenated alkanes) is 1. The van der Waals surface area contributed by atoms with E-state index in [4.69, 9.17) is 0 Å². The lowest BCUT2D eigenvalue weighted by Gasteiger charge is -2.34. The average Bonchev–Trinajstić information content (AvgIpc) is 3.22. The first-order valence-electron chi connectivity index (χ1n) is 11.6. The topological polar surface area (TPSA) is 47.6 Å². The van der Waals surface area contributed by atoms with Crippen LogP contribution in [0.25, 0.3) is 0 Å². The van der Waals surface area contributed by atoms with Crippen LogP contribution in [-0.2, 0) is 0 Å². The number of benzene rings is 1. The molecule has 2 fully saturated rings. The molecule has 0 spiro atoms. The molecule has 2 saturated heterocycles. The Labute approximate surface area is 177 Å². The quantitative estimate of drug-likeness (QED) is 0.619. The lowest BCUT2D eigenvalue weighted by molar-refractivity contribution is 0.139. The van der Waals surface area contributed by atoms with Crippen molar-refractivity contribution >= 4 is 6.03 Å². The van der Waals surface area contributed by atoms with Crippen LogP contribution in [0.15, 0.2) is 30.3 Å². The lowest BCUT2D eigenvalue weighted by atomic mass is 9.92. The van der Waals surface area contributed by atoms with Crippen molar-refractivity contribution in [1.29, 1.82) is 0 Å². The second-order valence-corrected chi connectivity index (χ2v) is 9.22. The number of urea groups is 1. The van der Waals surface area contributed by atoms with Crippen molar-refractivity contribution in [3.8, 4) is 0 Å². The van der Waals surface area contributed by atoms with Crippen molar-refractivity contribution in [3.05, 3.63) is 35.9 Å². The predicted molar refractivity (Wildman–Crippen MR) is 120 cm³/mol. The molecular weight excluding hydrogens is 360 g/mol. The Balaban J connectivity index is 1.33. The highest BCUT2D eigenvalue weighted by atomic mass is 16.2. The second-order valence-electron chi connectivity index (χ2n) is 9.22. The van der Waals surface area contributed by atoms with Crippen LogP contribution in [0, 0.1) is 11.8 Å². The summed E-state index contributed by atoms with van der Waals surface area (Å²) in [6.45, 7) is 12.0. The number of amides is 2. The van der Waals surface area contributed by atoms with Crippen LogP contribution in [0.4, 0.5) is 4.79 Å². The SMILES string of the molecule is CC1CC(C)CN(CCCCNC(=O)NCC(c2ccccc2)N2CCCC2)C1. The number of nitrogens with zero attached hydrogens (tertiary/aromatic N) is 2. The fraction of sp³-hybridized carbons (Fsp3) is 0.708. The minimum absolute atomic E-state index is 0.0367. The van der Waals surface area contributed by atoms with Crippen molar-refractivity contribution in [1.82, 2.24) is 20.4 Å². The molecule has 5 heteroatoms. The predicted octanol–water partition coefficient (Wildman–Crippen LogP) is 3.88. The molecule has 2 N–H and O–H groups in total. The summed E-state index contributed by atoms with van der Waals surface area (Å²) in [6.07, 6.45) is 6.06. The minimum atomic E-state index is -0.0367. The van der Waals surface area contributed by atoms with E-state index in [0.29, 0.717) is 6.54 Å². The molecule has 0 bridgehead atoms. The maximum Gasteiger partial charge on any atom is 0.314 e. The first kappa shape index (κ1) is 22.1. The molecule has 5 nitrogen and oxygen atoms in total. The third-order valence-electron chi connectivity index (χ3n) is 6.35. The first-order chi connectivity index (χ1) is 14.1. The molecule has 29 heavy (non-hydrogen) atoms. The van der Waals surface area contributed by atoms with E-state index in [1.54, 1.807) is 0 Å². The van der Waals surface area contributed by atoms with Gasteiger partial charge in [-0.25, -0.2) is 4.79 Å². The van der Waals surface area contributed by atoms with Gasteiger partial charge in [-0.2, -0.15) is 0 Å². The van der Waals surface area contributed by atoms with E-state index in [1.165, 1.54) is 37.9 Å². The number of carbonyl (C=O) groups is 1. The van der Waals surface area contributed by atoms with E-state index in [9.17, 15) is 4.79 Å². The van der Waals surface area contributed by atoms with Crippen LogP contribution in [0.5, 0.6) is 0 Å². The minimum Gasteiger partial charge on any atom is -0.338 e. The van der Waals surface area contributed by atoms with E-state index in [-0.39, 0.29) is 12.1 Å². The zero-order chi connectivity index (χ0) is 20.5. The molecule has 162 valence electrons. The van der Waals surface area contributed by atoms with Gasteiger partial charge in [-0.05, 0) is 69.1 Å². The van der Waals surface area contributed by atoms with Crippen LogP contribution in [0.1, 0.15) is 57.6 Å². The Hall–Kier alpha value is -1.59. The van der Waals surface area contributed by atoms with Gasteiger partial charge < -0.3 is 15.5 Å². The average molecular weight is 401 g/mol. The van der Waals surface area contributed by atoms with Crippen LogP contribution < -0.4 is 10.6 Å². The molecule has 1 aromatic carbocycles. The number of likely N-dealkylation sites (tertiary alicyclic amines) is 2. The standard InChI is InChI=1S/C24H40N4O/c1-20-16-21(2)19-27(18-20)13-7-6-12-25-24(29)26-17-23(28-14-8-9-15-28)22-10-4-3-5-11-22/h3-5,10-11,20-21,23H,6-9,12-19H2,1-2H3,(H2,25,26,29). The maximum atomic E-state index is 12.3. The zero-order valence-corrected chi connectivity index (χ0v) is 18.4. The Kier molecular flexibility index (Phi) is 8.81. The molecule has 3 unspecified atom stereocenters. The normalized spacial score (nSPS) is 24.3. The third kappa shape index (κ3) is 7.31. The molecule has 2 amide bonds. The fourth-order valence-electron chi connectivity index (χ4n) is 5.08. The van der Waals surface area contributed by atoms with Gasteiger partial charge in [-0.1, -0.05) is 44.2 Å². The molecule has 2 aliphatic heterocycles. The molecule has 3 atom stereocenters. The molecule has 0 aromatic heterocycles. The van der Waals surface area contributed by atoms with Crippen LogP contribution in [0.3, 0.4) is 0 Å². The van der Waals surface area contributed by atoms with E-state index in [2.05, 4.69) is 64.6 Å². The molecule has 0 radical (unpaired) electrons. The zero-order valence-electron chi connectivity index (χ0n) is 18.4. The summed E-state index contributed by atoms with van der Waals surface area (Å²) in [5.41, 5.74) is 1.29. The Morgan fingerprint density at radius 2 is 1.72 bits per heavy atom. The van der Waals surface area contributed by atoms with Gasteiger partial charge >= 0.3 is 6.03 Å².